The lowest BCUT2D eigenvalue weighted by Crippen LogP contribution is -2.49. The molecule has 2 aliphatic rings. The summed E-state index contributed by atoms with van der Waals surface area (Å²) in [5, 5.41) is 3.23. The minimum absolute atomic E-state index is 0.0370. The first kappa shape index (κ1) is 22.3. The molecule has 2 fully saturated rings. The van der Waals surface area contributed by atoms with E-state index in [9.17, 15) is 9.59 Å². The second-order valence-electron chi connectivity index (χ2n) is 8.84. The van der Waals surface area contributed by atoms with E-state index < -0.39 is 0 Å². The third kappa shape index (κ3) is 5.13. The fourth-order valence-corrected chi connectivity index (χ4v) is 4.79. The molecule has 2 aromatic carbocycles. The molecule has 0 saturated carbocycles. The summed E-state index contributed by atoms with van der Waals surface area (Å²) in [7, 11) is 1.63. The first-order valence-electron chi connectivity index (χ1n) is 11.4. The van der Waals surface area contributed by atoms with Gasteiger partial charge in [-0.1, -0.05) is 42.5 Å². The maximum absolute atomic E-state index is 13.1. The smallest absolute Gasteiger partial charge is 0.224 e. The van der Waals surface area contributed by atoms with Crippen molar-refractivity contribution >= 4 is 11.8 Å². The molecule has 32 heavy (non-hydrogen) atoms. The standard InChI is InChI=1S/C26H32N2O4/c1-31-23-9-5-6-20(16-23)17-28-18-21(10-11-24(28)29)25(30)27-19-26(12-14-32-15-13-26)22-7-3-2-4-8-22/h2-9,16,21H,10-15,17-19H2,1H3,(H,27,30)/t21-/m0/s1. The minimum atomic E-state index is -0.189. The zero-order chi connectivity index (χ0) is 22.4. The molecule has 0 radical (unpaired) electrons. The van der Waals surface area contributed by atoms with Gasteiger partial charge in [-0.3, -0.25) is 9.59 Å². The van der Waals surface area contributed by atoms with Crippen LogP contribution in [0.3, 0.4) is 0 Å². The van der Waals surface area contributed by atoms with Crippen LogP contribution in [0.25, 0.3) is 0 Å². The first-order valence-corrected chi connectivity index (χ1v) is 11.4. The third-order valence-electron chi connectivity index (χ3n) is 6.82. The predicted octanol–water partition coefficient (Wildman–Crippen LogP) is 3.30. The van der Waals surface area contributed by atoms with Crippen LogP contribution in [0.1, 0.15) is 36.8 Å². The van der Waals surface area contributed by atoms with E-state index in [0.29, 0.717) is 45.7 Å². The predicted molar refractivity (Wildman–Crippen MR) is 122 cm³/mol. The summed E-state index contributed by atoms with van der Waals surface area (Å²) < 4.78 is 10.9. The quantitative estimate of drug-likeness (QED) is 0.723. The number of carbonyl (C=O) groups excluding carboxylic acids is 2. The summed E-state index contributed by atoms with van der Waals surface area (Å²) in [6.07, 6.45) is 2.78. The lowest BCUT2D eigenvalue weighted by Gasteiger charge is -2.39. The second-order valence-corrected chi connectivity index (χ2v) is 8.84. The summed E-state index contributed by atoms with van der Waals surface area (Å²) in [6, 6.07) is 18.1. The Balaban J connectivity index is 1.39. The Morgan fingerprint density at radius 3 is 2.69 bits per heavy atom. The molecule has 1 N–H and O–H groups in total. The van der Waals surface area contributed by atoms with Crippen LogP contribution < -0.4 is 10.1 Å². The monoisotopic (exact) mass is 436 g/mol. The number of amides is 2. The SMILES string of the molecule is COc1cccc(CN2C[C@@H](C(=O)NCC3(c4ccccc4)CCOCC3)CCC2=O)c1. The van der Waals surface area contributed by atoms with Crippen molar-refractivity contribution in [1.29, 1.82) is 0 Å². The molecule has 0 spiro atoms. The number of piperidine rings is 1. The van der Waals surface area contributed by atoms with E-state index in [0.717, 1.165) is 24.2 Å². The molecule has 6 nitrogen and oxygen atoms in total. The number of carbonyl (C=O) groups is 2. The van der Waals surface area contributed by atoms with E-state index >= 15 is 0 Å². The van der Waals surface area contributed by atoms with Crippen molar-refractivity contribution in [2.45, 2.75) is 37.6 Å². The second kappa shape index (κ2) is 10.2. The number of hydrogen-bond donors (Lipinski definition) is 1. The van der Waals surface area contributed by atoms with Gasteiger partial charge in [-0.15, -0.1) is 0 Å². The summed E-state index contributed by atoms with van der Waals surface area (Å²) in [5.74, 6) is 0.715. The highest BCUT2D eigenvalue weighted by Gasteiger charge is 2.36. The van der Waals surface area contributed by atoms with Crippen molar-refractivity contribution in [2.24, 2.45) is 5.92 Å². The molecule has 6 heteroatoms. The molecule has 4 rings (SSSR count). The number of hydrogen-bond acceptors (Lipinski definition) is 4. The lowest BCUT2D eigenvalue weighted by atomic mass is 9.74. The van der Waals surface area contributed by atoms with Gasteiger partial charge in [0.2, 0.25) is 11.8 Å². The molecule has 2 heterocycles. The van der Waals surface area contributed by atoms with Crippen LogP contribution in [0.5, 0.6) is 5.75 Å². The van der Waals surface area contributed by atoms with E-state index in [4.69, 9.17) is 9.47 Å². The van der Waals surface area contributed by atoms with Crippen LogP contribution in [0, 0.1) is 5.92 Å². The molecule has 170 valence electrons. The highest BCUT2D eigenvalue weighted by atomic mass is 16.5. The van der Waals surface area contributed by atoms with Crippen molar-refractivity contribution in [3.05, 3.63) is 65.7 Å². The molecule has 2 amide bonds. The van der Waals surface area contributed by atoms with E-state index in [1.165, 1.54) is 5.56 Å². The van der Waals surface area contributed by atoms with Gasteiger partial charge in [-0.25, -0.2) is 0 Å². The zero-order valence-corrected chi connectivity index (χ0v) is 18.7. The number of likely N-dealkylation sites (tertiary alicyclic amines) is 1. The molecule has 0 bridgehead atoms. The van der Waals surface area contributed by atoms with E-state index in [1.54, 1.807) is 12.0 Å². The highest BCUT2D eigenvalue weighted by Crippen LogP contribution is 2.34. The van der Waals surface area contributed by atoms with E-state index in [-0.39, 0.29) is 23.1 Å². The summed E-state index contributed by atoms with van der Waals surface area (Å²) >= 11 is 0. The molecule has 1 atom stereocenters. The van der Waals surface area contributed by atoms with Crippen molar-refractivity contribution in [1.82, 2.24) is 10.2 Å². The number of methoxy groups -OCH3 is 1. The Labute approximate surface area is 189 Å². The van der Waals surface area contributed by atoms with Gasteiger partial charge in [0.15, 0.2) is 0 Å². The molecule has 2 aliphatic heterocycles. The number of nitrogens with one attached hydrogen (secondary N) is 1. The van der Waals surface area contributed by atoms with Crippen LogP contribution >= 0.6 is 0 Å². The molecule has 0 aliphatic carbocycles. The molecule has 0 aromatic heterocycles. The largest absolute Gasteiger partial charge is 0.497 e. The summed E-state index contributed by atoms with van der Waals surface area (Å²) in [4.78, 5) is 27.4. The maximum atomic E-state index is 13.1. The summed E-state index contributed by atoms with van der Waals surface area (Å²) in [6.45, 7) is 2.95. The van der Waals surface area contributed by atoms with Crippen LogP contribution in [0.4, 0.5) is 0 Å². The van der Waals surface area contributed by atoms with E-state index in [1.807, 2.05) is 30.3 Å². The van der Waals surface area contributed by atoms with Crippen molar-refractivity contribution in [2.75, 3.05) is 33.4 Å². The number of nitrogens with zero attached hydrogens (tertiary/aromatic N) is 1. The maximum Gasteiger partial charge on any atom is 0.224 e. The number of rotatable bonds is 7. The fraction of sp³-hybridized carbons (Fsp3) is 0.462. The van der Waals surface area contributed by atoms with Crippen molar-refractivity contribution < 1.29 is 19.1 Å². The molecular formula is C26H32N2O4. The van der Waals surface area contributed by atoms with Gasteiger partial charge in [0, 0.05) is 44.7 Å². The molecule has 2 saturated heterocycles. The van der Waals surface area contributed by atoms with Gasteiger partial charge in [0.1, 0.15) is 5.75 Å². The van der Waals surface area contributed by atoms with Crippen LogP contribution in [0.15, 0.2) is 54.6 Å². The normalized spacial score (nSPS) is 20.6. The third-order valence-corrected chi connectivity index (χ3v) is 6.82. The number of benzene rings is 2. The van der Waals surface area contributed by atoms with Gasteiger partial charge in [-0.2, -0.15) is 0 Å². The molecule has 2 aromatic rings. The Bertz CT molecular complexity index is 924. The Kier molecular flexibility index (Phi) is 7.10. The first-order chi connectivity index (χ1) is 15.6. The zero-order valence-electron chi connectivity index (χ0n) is 18.7. The van der Waals surface area contributed by atoms with Gasteiger partial charge < -0.3 is 19.7 Å². The van der Waals surface area contributed by atoms with Gasteiger partial charge >= 0.3 is 0 Å². The minimum Gasteiger partial charge on any atom is -0.497 e. The van der Waals surface area contributed by atoms with Crippen LogP contribution in [0.2, 0.25) is 0 Å². The Morgan fingerprint density at radius 2 is 1.94 bits per heavy atom. The number of ether oxygens (including phenoxy) is 2. The van der Waals surface area contributed by atoms with Gasteiger partial charge in [0.05, 0.1) is 13.0 Å². The topological polar surface area (TPSA) is 67.9 Å². The highest BCUT2D eigenvalue weighted by molar-refractivity contribution is 5.83. The van der Waals surface area contributed by atoms with E-state index in [2.05, 4.69) is 29.6 Å². The summed E-state index contributed by atoms with van der Waals surface area (Å²) in [5.41, 5.74) is 2.16. The fourth-order valence-electron chi connectivity index (χ4n) is 4.79. The Morgan fingerprint density at radius 1 is 1.16 bits per heavy atom. The molecular weight excluding hydrogens is 404 g/mol. The van der Waals surface area contributed by atoms with Gasteiger partial charge in [-0.05, 0) is 42.5 Å². The average Bonchev–Trinajstić information content (AvgIpc) is 2.85. The van der Waals surface area contributed by atoms with Crippen LogP contribution in [-0.4, -0.2) is 50.1 Å². The van der Waals surface area contributed by atoms with Crippen molar-refractivity contribution in [3.63, 3.8) is 0 Å². The Hall–Kier alpha value is -2.86. The van der Waals surface area contributed by atoms with Crippen molar-refractivity contribution in [3.8, 4) is 5.75 Å². The van der Waals surface area contributed by atoms with Gasteiger partial charge in [0.25, 0.3) is 0 Å². The molecule has 0 unspecified atom stereocenters. The average molecular weight is 437 g/mol. The van der Waals surface area contributed by atoms with Crippen LogP contribution in [-0.2, 0) is 26.3 Å². The lowest BCUT2D eigenvalue weighted by molar-refractivity contribution is -0.139.